The Hall–Kier alpha value is -1.45. The van der Waals surface area contributed by atoms with Crippen LogP contribution in [0, 0.1) is 0 Å². The molecule has 1 aromatic carbocycles. The van der Waals surface area contributed by atoms with Gasteiger partial charge in [0.2, 0.25) is 5.91 Å². The van der Waals surface area contributed by atoms with E-state index in [0.29, 0.717) is 5.69 Å². The molecule has 1 heterocycles. The molecule has 1 aromatic rings. The second-order valence-electron chi connectivity index (χ2n) is 4.27. The summed E-state index contributed by atoms with van der Waals surface area (Å²) in [4.78, 5) is 12.8. The fourth-order valence-corrected chi connectivity index (χ4v) is 2.64. The molecule has 1 unspecified atom stereocenters. The van der Waals surface area contributed by atoms with Crippen LogP contribution in [-0.2, 0) is 15.0 Å². The number of carbonyl (C=O) groups excluding carboxylic acids is 1. The number of amides is 1. The molecule has 1 fully saturated rings. The predicted molar refractivity (Wildman–Crippen MR) is 67.1 cm³/mol. The average molecular weight is 287 g/mol. The highest BCUT2D eigenvalue weighted by molar-refractivity contribution is 7.87. The highest BCUT2D eigenvalue weighted by atomic mass is 32.3. The topological polar surface area (TPSA) is 94.9 Å². The zero-order chi connectivity index (χ0) is 14.2. The number of carbonyl (C=O) groups is 1. The summed E-state index contributed by atoms with van der Waals surface area (Å²) in [6.45, 7) is -0.275. The van der Waals surface area contributed by atoms with Gasteiger partial charge in [-0.1, -0.05) is 12.1 Å². The Balaban J connectivity index is 2.28. The van der Waals surface area contributed by atoms with Crippen molar-refractivity contribution in [2.75, 3.05) is 11.4 Å². The van der Waals surface area contributed by atoms with E-state index in [1.807, 2.05) is 0 Å². The maximum atomic E-state index is 12.9. The average Bonchev–Trinajstić information content (AvgIpc) is 2.71. The maximum Gasteiger partial charge on any atom is 0.488 e. The highest BCUT2D eigenvalue weighted by Crippen LogP contribution is 2.25. The highest BCUT2D eigenvalue weighted by Gasteiger charge is 2.39. The van der Waals surface area contributed by atoms with Gasteiger partial charge in [-0.05, 0) is 17.6 Å². The van der Waals surface area contributed by atoms with Gasteiger partial charge < -0.3 is 14.9 Å². The van der Waals surface area contributed by atoms with E-state index in [9.17, 15) is 17.1 Å². The van der Waals surface area contributed by atoms with Crippen molar-refractivity contribution in [1.29, 1.82) is 0 Å². The first kappa shape index (κ1) is 14.0. The van der Waals surface area contributed by atoms with E-state index in [4.69, 9.17) is 10.0 Å². The Kier molecular flexibility index (Phi) is 3.61. The van der Waals surface area contributed by atoms with Crippen molar-refractivity contribution >= 4 is 34.4 Å². The van der Waals surface area contributed by atoms with E-state index >= 15 is 0 Å². The molecule has 0 aliphatic carbocycles. The molecule has 1 aliphatic heterocycles. The third-order valence-corrected chi connectivity index (χ3v) is 4.08. The number of hydrogen-bond donors (Lipinski definition) is 2. The minimum Gasteiger partial charge on any atom is -0.423 e. The fraction of sp³-hybridized carbons (Fsp3) is 0.300. The summed E-state index contributed by atoms with van der Waals surface area (Å²) in [7, 11) is -6.46. The molecule has 6 nitrogen and oxygen atoms in total. The van der Waals surface area contributed by atoms with Gasteiger partial charge in [0.1, 0.15) is 5.25 Å². The zero-order valence-corrected chi connectivity index (χ0v) is 10.5. The van der Waals surface area contributed by atoms with Gasteiger partial charge in [0.15, 0.2) is 0 Å². The van der Waals surface area contributed by atoms with Crippen LogP contribution in [0.15, 0.2) is 24.3 Å². The Bertz CT molecular complexity index is 606. The van der Waals surface area contributed by atoms with Gasteiger partial charge in [0.25, 0.3) is 0 Å². The molecule has 0 spiro atoms. The molecule has 0 aromatic heterocycles. The molecule has 102 valence electrons. The lowest BCUT2D eigenvalue weighted by Crippen LogP contribution is -2.32. The van der Waals surface area contributed by atoms with Crippen LogP contribution < -0.4 is 10.4 Å². The van der Waals surface area contributed by atoms with Gasteiger partial charge in [0, 0.05) is 18.7 Å². The third kappa shape index (κ3) is 2.94. The van der Waals surface area contributed by atoms with Gasteiger partial charge >= 0.3 is 17.3 Å². The lowest BCUT2D eigenvalue weighted by molar-refractivity contribution is -0.117. The summed E-state index contributed by atoms with van der Waals surface area (Å²) in [6, 6.07) is 5.79. The molecule has 19 heavy (non-hydrogen) atoms. The van der Waals surface area contributed by atoms with E-state index in [1.165, 1.54) is 24.3 Å². The van der Waals surface area contributed by atoms with Gasteiger partial charge in [-0.15, -0.1) is 3.89 Å². The Labute approximate surface area is 109 Å². The Morgan fingerprint density at radius 2 is 2.05 bits per heavy atom. The van der Waals surface area contributed by atoms with Crippen molar-refractivity contribution in [3.63, 3.8) is 0 Å². The van der Waals surface area contributed by atoms with Gasteiger partial charge in [-0.3, -0.25) is 4.79 Å². The van der Waals surface area contributed by atoms with E-state index in [2.05, 4.69) is 0 Å². The molecule has 1 atom stereocenters. The summed E-state index contributed by atoms with van der Waals surface area (Å²) < 4.78 is 34.5. The van der Waals surface area contributed by atoms with Crippen LogP contribution in [0.2, 0.25) is 0 Å². The molecule has 1 aliphatic rings. The van der Waals surface area contributed by atoms with Gasteiger partial charge in [-0.25, -0.2) is 0 Å². The van der Waals surface area contributed by atoms with Crippen LogP contribution in [0.5, 0.6) is 0 Å². The lowest BCUT2D eigenvalue weighted by atomic mass is 9.80. The summed E-state index contributed by atoms with van der Waals surface area (Å²) >= 11 is 0. The molecule has 2 N–H and O–H groups in total. The maximum absolute atomic E-state index is 12.9. The van der Waals surface area contributed by atoms with E-state index in [0.717, 1.165) is 4.90 Å². The van der Waals surface area contributed by atoms with Crippen LogP contribution in [0.3, 0.4) is 0 Å². The second-order valence-corrected chi connectivity index (χ2v) is 5.89. The largest absolute Gasteiger partial charge is 0.488 e. The SMILES string of the molecule is O=C1CC(S(=O)(=O)F)CN1c1cccc(B(O)O)c1. The fourth-order valence-electron chi connectivity index (χ4n) is 1.97. The van der Waals surface area contributed by atoms with Crippen molar-refractivity contribution in [3.8, 4) is 0 Å². The van der Waals surface area contributed by atoms with E-state index in [-0.39, 0.29) is 12.0 Å². The van der Waals surface area contributed by atoms with Gasteiger partial charge in [-0.2, -0.15) is 8.42 Å². The molecular weight excluding hydrogens is 276 g/mol. The summed E-state index contributed by atoms with van der Waals surface area (Å²) in [5.74, 6) is -0.518. The Morgan fingerprint density at radius 3 is 2.58 bits per heavy atom. The van der Waals surface area contributed by atoms with Crippen molar-refractivity contribution in [2.45, 2.75) is 11.7 Å². The van der Waals surface area contributed by atoms with Crippen molar-refractivity contribution in [2.24, 2.45) is 0 Å². The minimum atomic E-state index is -4.76. The third-order valence-electron chi connectivity index (χ3n) is 2.97. The summed E-state index contributed by atoms with van der Waals surface area (Å²) in [5.41, 5.74) is 0.471. The normalized spacial score (nSPS) is 19.8. The molecule has 0 bridgehead atoms. The second kappa shape index (κ2) is 4.91. The number of halogens is 1. The number of rotatable bonds is 3. The molecule has 9 heteroatoms. The van der Waals surface area contributed by atoms with E-state index < -0.39 is 34.9 Å². The van der Waals surface area contributed by atoms with Crippen molar-refractivity contribution in [3.05, 3.63) is 24.3 Å². The summed E-state index contributed by atoms with van der Waals surface area (Å²) in [6.07, 6.45) is -0.412. The first-order chi connectivity index (χ1) is 8.79. The predicted octanol–water partition coefficient (Wildman–Crippen LogP) is -1.23. The lowest BCUT2D eigenvalue weighted by Gasteiger charge is -2.17. The molecule has 0 saturated carbocycles. The first-order valence-electron chi connectivity index (χ1n) is 5.49. The van der Waals surface area contributed by atoms with Crippen molar-refractivity contribution in [1.82, 2.24) is 0 Å². The molecule has 1 saturated heterocycles. The quantitative estimate of drug-likeness (QED) is 0.536. The first-order valence-corrected chi connectivity index (χ1v) is 6.93. The van der Waals surface area contributed by atoms with Crippen LogP contribution >= 0.6 is 0 Å². The van der Waals surface area contributed by atoms with Crippen LogP contribution in [0.1, 0.15) is 6.42 Å². The number of anilines is 1. The van der Waals surface area contributed by atoms with Crippen molar-refractivity contribution < 1.29 is 27.1 Å². The van der Waals surface area contributed by atoms with Crippen LogP contribution in [0.25, 0.3) is 0 Å². The summed E-state index contributed by atoms with van der Waals surface area (Å²) in [5, 5.41) is 16.7. The van der Waals surface area contributed by atoms with Gasteiger partial charge in [0.05, 0.1) is 0 Å². The monoisotopic (exact) mass is 287 g/mol. The molecule has 1 amide bonds. The Morgan fingerprint density at radius 1 is 1.37 bits per heavy atom. The number of nitrogens with zero attached hydrogens (tertiary/aromatic N) is 1. The number of benzene rings is 1. The standard InChI is InChI=1S/C10H11BFNO5S/c12-19(17,18)9-5-10(14)13(6-9)8-3-1-2-7(4-8)11(15)16/h1-4,9,15-16H,5-6H2. The zero-order valence-electron chi connectivity index (χ0n) is 9.73. The minimum absolute atomic E-state index is 0.164. The molecule has 2 rings (SSSR count). The van der Waals surface area contributed by atoms with E-state index in [1.54, 1.807) is 0 Å². The van der Waals surface area contributed by atoms with Crippen LogP contribution in [0.4, 0.5) is 9.57 Å². The van der Waals surface area contributed by atoms with Crippen LogP contribution in [-0.4, -0.2) is 43.3 Å². The molecule has 0 radical (unpaired) electrons. The number of hydrogen-bond acceptors (Lipinski definition) is 5. The smallest absolute Gasteiger partial charge is 0.423 e. The molecular formula is C10H11BFNO5S.